The van der Waals surface area contributed by atoms with Gasteiger partial charge < -0.3 is 0 Å². The first-order valence-corrected chi connectivity index (χ1v) is 8.43. The maximum atomic E-state index is 3.77. The highest BCUT2D eigenvalue weighted by molar-refractivity contribution is 14.1. The van der Waals surface area contributed by atoms with Gasteiger partial charge in [0.2, 0.25) is 0 Å². The summed E-state index contributed by atoms with van der Waals surface area (Å²) in [5.74, 6) is 0.597. The summed E-state index contributed by atoms with van der Waals surface area (Å²) in [7, 11) is 0. The minimum absolute atomic E-state index is 0.309. The quantitative estimate of drug-likeness (QED) is 0.424. The van der Waals surface area contributed by atoms with Crippen molar-refractivity contribution < 1.29 is 0 Å². The van der Waals surface area contributed by atoms with Crippen LogP contribution in [0.2, 0.25) is 0 Å². The third kappa shape index (κ3) is 3.32. The lowest BCUT2D eigenvalue weighted by Gasteiger charge is -2.11. The van der Waals surface area contributed by atoms with E-state index >= 15 is 0 Å². The third-order valence-corrected chi connectivity index (χ3v) is 5.64. The fourth-order valence-corrected chi connectivity index (χ4v) is 3.84. The van der Waals surface area contributed by atoms with Crippen molar-refractivity contribution in [3.8, 4) is 0 Å². The summed E-state index contributed by atoms with van der Waals surface area (Å²) in [6, 6.07) is 11.1. The molecule has 3 heteroatoms. The molecule has 1 aromatic carbocycles. The zero-order valence-electron chi connectivity index (χ0n) is 9.78. The number of hydrogen-bond donors (Lipinski definition) is 0. The van der Waals surface area contributed by atoms with Gasteiger partial charge in [0.1, 0.15) is 0 Å². The van der Waals surface area contributed by atoms with Crippen molar-refractivity contribution in [1.29, 1.82) is 0 Å². The second-order valence-corrected chi connectivity index (χ2v) is 8.09. The van der Waals surface area contributed by atoms with Crippen molar-refractivity contribution in [2.45, 2.75) is 24.6 Å². The van der Waals surface area contributed by atoms with Gasteiger partial charge in [-0.05, 0) is 56.6 Å². The van der Waals surface area contributed by atoms with Gasteiger partial charge in [-0.2, -0.15) is 0 Å². The lowest BCUT2D eigenvalue weighted by atomic mass is 10.00. The van der Waals surface area contributed by atoms with E-state index in [9.17, 15) is 0 Å². The lowest BCUT2D eigenvalue weighted by molar-refractivity contribution is 0.865. The summed E-state index contributed by atoms with van der Waals surface area (Å²) in [5, 5.41) is 2.22. The molecule has 0 aliphatic heterocycles. The topological polar surface area (TPSA) is 0 Å². The van der Waals surface area contributed by atoms with Gasteiger partial charge in [0.25, 0.3) is 0 Å². The van der Waals surface area contributed by atoms with Crippen LogP contribution in [0.3, 0.4) is 0 Å². The van der Waals surface area contributed by atoms with Gasteiger partial charge in [-0.3, -0.25) is 0 Å². The lowest BCUT2D eigenvalue weighted by Crippen LogP contribution is -1.92. The maximum Gasteiger partial charge on any atom is 0.0656 e. The molecule has 1 atom stereocenters. The van der Waals surface area contributed by atoms with Crippen LogP contribution in [0.5, 0.6) is 0 Å². The molecule has 0 aliphatic carbocycles. The van der Waals surface area contributed by atoms with Crippen molar-refractivity contribution in [2.75, 3.05) is 0 Å². The molecule has 0 N–H and O–H groups in total. The summed E-state index contributed by atoms with van der Waals surface area (Å²) < 4.78 is 1.33. The zero-order chi connectivity index (χ0) is 12.4. The molecule has 0 bridgehead atoms. The predicted molar refractivity (Wildman–Crippen MR) is 88.3 cm³/mol. The van der Waals surface area contributed by atoms with Crippen molar-refractivity contribution >= 4 is 49.9 Å². The molecule has 0 saturated carbocycles. The minimum Gasteiger partial charge on any atom is -0.137 e. The Bertz CT molecular complexity index is 487. The van der Waals surface area contributed by atoms with Crippen molar-refractivity contribution in [3.05, 3.63) is 55.3 Å². The third-order valence-electron chi connectivity index (χ3n) is 2.78. The Balaban J connectivity index is 2.22. The summed E-state index contributed by atoms with van der Waals surface area (Å²) in [4.78, 5) is 0.309. The Labute approximate surface area is 129 Å². The van der Waals surface area contributed by atoms with Crippen LogP contribution in [0, 0.1) is 2.88 Å². The summed E-state index contributed by atoms with van der Waals surface area (Å²) in [6.07, 6.45) is 0. The molecule has 17 heavy (non-hydrogen) atoms. The molecule has 0 fully saturated rings. The normalized spacial score (nSPS) is 13.0. The van der Waals surface area contributed by atoms with Gasteiger partial charge in [0.05, 0.1) is 7.71 Å². The van der Waals surface area contributed by atoms with Gasteiger partial charge >= 0.3 is 0 Å². The second-order valence-electron chi connectivity index (χ2n) is 4.37. The first-order valence-electron chi connectivity index (χ1n) is 5.56. The van der Waals surface area contributed by atoms with E-state index in [1.807, 2.05) is 0 Å². The molecule has 0 spiro atoms. The van der Waals surface area contributed by atoms with Crippen LogP contribution in [-0.2, 0) is 0 Å². The standard InChI is InChI=1S/C14H14BrIS/c1-9(2)10-3-5-11(6-4-10)14(15)12-7-13(16)17-8-12/h3-9,14H,1-2H3. The fourth-order valence-electron chi connectivity index (χ4n) is 1.70. The smallest absolute Gasteiger partial charge is 0.0656 e. The van der Waals surface area contributed by atoms with Crippen molar-refractivity contribution in [3.63, 3.8) is 0 Å². The molecule has 2 aromatic rings. The maximum absolute atomic E-state index is 3.77. The highest BCUT2D eigenvalue weighted by atomic mass is 127. The summed E-state index contributed by atoms with van der Waals surface area (Å²) in [5.41, 5.74) is 4.06. The molecule has 0 nitrogen and oxygen atoms in total. The number of benzene rings is 1. The van der Waals surface area contributed by atoms with E-state index in [4.69, 9.17) is 0 Å². The molecule has 0 radical (unpaired) electrons. The molecule has 90 valence electrons. The number of halogens is 2. The number of rotatable bonds is 3. The van der Waals surface area contributed by atoms with Crippen molar-refractivity contribution in [1.82, 2.24) is 0 Å². The second kappa shape index (κ2) is 5.85. The van der Waals surface area contributed by atoms with Crippen LogP contribution < -0.4 is 0 Å². The highest BCUT2D eigenvalue weighted by Gasteiger charge is 2.12. The number of hydrogen-bond acceptors (Lipinski definition) is 1. The van der Waals surface area contributed by atoms with Crippen LogP contribution in [-0.4, -0.2) is 0 Å². The summed E-state index contributed by atoms with van der Waals surface area (Å²) >= 11 is 7.93. The Morgan fingerprint density at radius 1 is 1.06 bits per heavy atom. The van der Waals surface area contributed by atoms with E-state index in [1.54, 1.807) is 11.3 Å². The average Bonchev–Trinajstić information content (AvgIpc) is 2.75. The van der Waals surface area contributed by atoms with Crippen LogP contribution >= 0.6 is 49.9 Å². The van der Waals surface area contributed by atoms with E-state index in [-0.39, 0.29) is 0 Å². The molecule has 0 amide bonds. The molecular formula is C14H14BrIS. The Morgan fingerprint density at radius 3 is 2.12 bits per heavy atom. The van der Waals surface area contributed by atoms with E-state index < -0.39 is 0 Å². The average molecular weight is 421 g/mol. The SMILES string of the molecule is CC(C)c1ccc(C(Br)c2csc(I)c2)cc1. The van der Waals surface area contributed by atoms with E-state index in [0.717, 1.165) is 0 Å². The Kier molecular flexibility index (Phi) is 4.66. The largest absolute Gasteiger partial charge is 0.137 e. The molecule has 0 saturated heterocycles. The Morgan fingerprint density at radius 2 is 1.65 bits per heavy atom. The van der Waals surface area contributed by atoms with Gasteiger partial charge in [0.15, 0.2) is 0 Å². The molecular weight excluding hydrogens is 407 g/mol. The van der Waals surface area contributed by atoms with E-state index in [2.05, 4.69) is 88.1 Å². The van der Waals surface area contributed by atoms with Crippen LogP contribution in [0.15, 0.2) is 35.7 Å². The number of thiophene rings is 1. The van der Waals surface area contributed by atoms with Gasteiger partial charge in [-0.15, -0.1) is 11.3 Å². The first kappa shape index (κ1) is 13.6. The zero-order valence-corrected chi connectivity index (χ0v) is 14.3. The van der Waals surface area contributed by atoms with Crippen LogP contribution in [0.4, 0.5) is 0 Å². The van der Waals surface area contributed by atoms with Gasteiger partial charge in [0, 0.05) is 0 Å². The molecule has 1 unspecified atom stereocenters. The molecule has 1 aromatic heterocycles. The minimum atomic E-state index is 0.309. The first-order chi connectivity index (χ1) is 8.08. The fraction of sp³-hybridized carbons (Fsp3) is 0.286. The summed E-state index contributed by atoms with van der Waals surface area (Å²) in [6.45, 7) is 4.45. The predicted octanol–water partition coefficient (Wildman–Crippen LogP) is 5.96. The molecule has 0 aliphatic rings. The van der Waals surface area contributed by atoms with E-state index in [0.29, 0.717) is 10.7 Å². The van der Waals surface area contributed by atoms with Crippen LogP contribution in [0.1, 0.15) is 41.3 Å². The highest BCUT2D eigenvalue weighted by Crippen LogP contribution is 2.34. The van der Waals surface area contributed by atoms with Crippen molar-refractivity contribution in [2.24, 2.45) is 0 Å². The van der Waals surface area contributed by atoms with Crippen LogP contribution in [0.25, 0.3) is 0 Å². The Hall–Kier alpha value is 0.130. The monoisotopic (exact) mass is 420 g/mol. The number of alkyl halides is 1. The van der Waals surface area contributed by atoms with E-state index in [1.165, 1.54) is 19.6 Å². The molecule has 1 heterocycles. The molecule has 2 rings (SSSR count). The van der Waals surface area contributed by atoms with Gasteiger partial charge in [-0.1, -0.05) is 54.0 Å². The van der Waals surface area contributed by atoms with Gasteiger partial charge in [-0.25, -0.2) is 0 Å².